The van der Waals surface area contributed by atoms with E-state index in [2.05, 4.69) is 0 Å². The quantitative estimate of drug-likeness (QED) is 0.920. The first-order valence-corrected chi connectivity index (χ1v) is 7.85. The van der Waals surface area contributed by atoms with Crippen molar-refractivity contribution in [2.24, 2.45) is 0 Å². The van der Waals surface area contributed by atoms with Crippen LogP contribution in [0.1, 0.15) is 15.9 Å². The number of carboxylic acid groups (broad SMARTS) is 1. The Morgan fingerprint density at radius 3 is 2.24 bits per heavy atom. The van der Waals surface area contributed by atoms with Crippen molar-refractivity contribution in [1.82, 2.24) is 0 Å². The van der Waals surface area contributed by atoms with E-state index in [0.29, 0.717) is 5.56 Å². The fourth-order valence-electron chi connectivity index (χ4n) is 1.96. The van der Waals surface area contributed by atoms with Gasteiger partial charge in [-0.05, 0) is 17.7 Å². The Labute approximate surface area is 123 Å². The molecule has 0 aromatic heterocycles. The minimum absolute atomic E-state index is 0.0448. The maximum Gasteiger partial charge on any atom is 0.337 e. The SMILES string of the molecule is CN(c1ccccc1C(=O)O)S(=O)(=O)Cc1ccccc1. The molecule has 0 aliphatic rings. The van der Waals surface area contributed by atoms with Crippen molar-refractivity contribution in [2.75, 3.05) is 11.4 Å². The molecule has 21 heavy (non-hydrogen) atoms. The molecule has 5 nitrogen and oxygen atoms in total. The smallest absolute Gasteiger partial charge is 0.337 e. The Balaban J connectivity index is 2.35. The average molecular weight is 305 g/mol. The van der Waals surface area contributed by atoms with E-state index < -0.39 is 16.0 Å². The second-order valence-corrected chi connectivity index (χ2v) is 6.53. The van der Waals surface area contributed by atoms with Gasteiger partial charge in [-0.3, -0.25) is 4.31 Å². The van der Waals surface area contributed by atoms with Gasteiger partial charge in [0.2, 0.25) is 10.0 Å². The monoisotopic (exact) mass is 305 g/mol. The highest BCUT2D eigenvalue weighted by Gasteiger charge is 2.23. The molecule has 2 aromatic carbocycles. The number of hydrogen-bond donors (Lipinski definition) is 1. The average Bonchev–Trinajstić information content (AvgIpc) is 2.47. The Kier molecular flexibility index (Phi) is 4.28. The third-order valence-corrected chi connectivity index (χ3v) is 4.81. The second kappa shape index (κ2) is 5.97. The summed E-state index contributed by atoms with van der Waals surface area (Å²) in [5.41, 5.74) is 0.759. The molecule has 0 saturated carbocycles. The fourth-order valence-corrected chi connectivity index (χ4v) is 3.23. The lowest BCUT2D eigenvalue weighted by Gasteiger charge is -2.21. The van der Waals surface area contributed by atoms with Gasteiger partial charge >= 0.3 is 5.97 Å². The van der Waals surface area contributed by atoms with Crippen molar-refractivity contribution in [3.05, 3.63) is 65.7 Å². The predicted octanol–water partition coefficient (Wildman–Crippen LogP) is 2.35. The summed E-state index contributed by atoms with van der Waals surface area (Å²) in [5.74, 6) is -1.34. The van der Waals surface area contributed by atoms with Crippen molar-refractivity contribution >= 4 is 21.7 Å². The Morgan fingerprint density at radius 1 is 1.05 bits per heavy atom. The maximum atomic E-state index is 12.4. The summed E-state index contributed by atoms with van der Waals surface area (Å²) in [5, 5.41) is 9.15. The molecule has 0 fully saturated rings. The minimum Gasteiger partial charge on any atom is -0.478 e. The number of anilines is 1. The van der Waals surface area contributed by atoms with Crippen molar-refractivity contribution in [3.63, 3.8) is 0 Å². The van der Waals surface area contributed by atoms with Gasteiger partial charge in [-0.1, -0.05) is 42.5 Å². The van der Waals surface area contributed by atoms with Crippen molar-refractivity contribution in [1.29, 1.82) is 0 Å². The summed E-state index contributed by atoms with van der Waals surface area (Å²) >= 11 is 0. The lowest BCUT2D eigenvalue weighted by Crippen LogP contribution is -2.29. The summed E-state index contributed by atoms with van der Waals surface area (Å²) in [6, 6.07) is 14.8. The molecule has 2 rings (SSSR count). The van der Waals surface area contributed by atoms with Crippen LogP contribution in [0.15, 0.2) is 54.6 Å². The summed E-state index contributed by atoms with van der Waals surface area (Å²) in [6.45, 7) is 0. The van der Waals surface area contributed by atoms with E-state index in [1.54, 1.807) is 42.5 Å². The first kappa shape index (κ1) is 15.1. The number of rotatable bonds is 5. The molecular weight excluding hydrogens is 290 g/mol. The van der Waals surface area contributed by atoms with Gasteiger partial charge in [0.15, 0.2) is 0 Å². The van der Waals surface area contributed by atoms with Crippen LogP contribution in [0.25, 0.3) is 0 Å². The van der Waals surface area contributed by atoms with Crippen LogP contribution in [0.3, 0.4) is 0 Å². The molecule has 0 radical (unpaired) electrons. The highest BCUT2D eigenvalue weighted by atomic mass is 32.2. The second-order valence-electron chi connectivity index (χ2n) is 4.53. The van der Waals surface area contributed by atoms with Crippen molar-refractivity contribution in [2.45, 2.75) is 5.75 Å². The van der Waals surface area contributed by atoms with Gasteiger partial charge in [0.05, 0.1) is 17.0 Å². The topological polar surface area (TPSA) is 74.7 Å². The zero-order valence-corrected chi connectivity index (χ0v) is 12.2. The van der Waals surface area contributed by atoms with Gasteiger partial charge in [0, 0.05) is 7.05 Å². The molecule has 110 valence electrons. The van der Waals surface area contributed by atoms with Crippen molar-refractivity contribution < 1.29 is 18.3 Å². The molecule has 2 aromatic rings. The van der Waals surface area contributed by atoms with E-state index >= 15 is 0 Å². The van der Waals surface area contributed by atoms with Gasteiger partial charge in [-0.2, -0.15) is 0 Å². The fraction of sp³-hybridized carbons (Fsp3) is 0.133. The molecule has 0 atom stereocenters. The molecule has 0 aliphatic heterocycles. The van der Waals surface area contributed by atoms with Crippen LogP contribution in [-0.2, 0) is 15.8 Å². The Bertz CT molecular complexity index is 741. The van der Waals surface area contributed by atoms with Crippen LogP contribution in [0.2, 0.25) is 0 Å². The minimum atomic E-state index is -3.65. The van der Waals surface area contributed by atoms with Crippen LogP contribution < -0.4 is 4.31 Å². The van der Waals surface area contributed by atoms with Crippen LogP contribution in [0.5, 0.6) is 0 Å². The lowest BCUT2D eigenvalue weighted by molar-refractivity contribution is 0.0698. The number of carbonyl (C=O) groups is 1. The highest BCUT2D eigenvalue weighted by Crippen LogP contribution is 2.23. The van der Waals surface area contributed by atoms with E-state index in [1.165, 1.54) is 19.2 Å². The summed E-state index contributed by atoms with van der Waals surface area (Å²) in [7, 11) is -2.29. The number of nitrogens with zero attached hydrogens (tertiary/aromatic N) is 1. The van der Waals surface area contributed by atoms with Crippen LogP contribution >= 0.6 is 0 Å². The number of carboxylic acids is 1. The lowest BCUT2D eigenvalue weighted by atomic mass is 10.2. The van der Waals surface area contributed by atoms with Gasteiger partial charge < -0.3 is 5.11 Å². The van der Waals surface area contributed by atoms with Gasteiger partial charge in [0.1, 0.15) is 0 Å². The van der Waals surface area contributed by atoms with Gasteiger partial charge in [-0.15, -0.1) is 0 Å². The van der Waals surface area contributed by atoms with E-state index in [4.69, 9.17) is 5.11 Å². The first-order valence-electron chi connectivity index (χ1n) is 6.24. The summed E-state index contributed by atoms with van der Waals surface area (Å²) in [6.07, 6.45) is 0. The number of hydrogen-bond acceptors (Lipinski definition) is 3. The first-order chi connectivity index (χ1) is 9.92. The largest absolute Gasteiger partial charge is 0.478 e. The standard InChI is InChI=1S/C15H15NO4S/c1-16(14-10-6-5-9-13(14)15(17)18)21(19,20)11-12-7-3-2-4-8-12/h2-10H,11H2,1H3,(H,17,18). The molecule has 0 bridgehead atoms. The molecule has 1 N–H and O–H groups in total. The number of para-hydroxylation sites is 1. The molecular formula is C15H15NO4S. The number of benzene rings is 2. The third kappa shape index (κ3) is 3.41. The molecule has 0 spiro atoms. The maximum absolute atomic E-state index is 12.4. The van der Waals surface area contributed by atoms with Crippen LogP contribution in [0.4, 0.5) is 5.69 Å². The third-order valence-electron chi connectivity index (χ3n) is 3.08. The number of sulfonamides is 1. The van der Waals surface area contributed by atoms with Crippen LogP contribution in [0, 0.1) is 0 Å². The molecule has 0 heterocycles. The normalized spacial score (nSPS) is 11.1. The molecule has 0 unspecified atom stereocenters. The predicted molar refractivity (Wildman–Crippen MR) is 80.9 cm³/mol. The molecule has 0 saturated heterocycles. The molecule has 0 aliphatic carbocycles. The summed E-state index contributed by atoms with van der Waals surface area (Å²) in [4.78, 5) is 11.2. The molecule has 6 heteroatoms. The summed E-state index contributed by atoms with van der Waals surface area (Å²) < 4.78 is 25.8. The van der Waals surface area contributed by atoms with Gasteiger partial charge in [-0.25, -0.2) is 13.2 Å². The van der Waals surface area contributed by atoms with Crippen molar-refractivity contribution in [3.8, 4) is 0 Å². The Morgan fingerprint density at radius 2 is 1.62 bits per heavy atom. The van der Waals surface area contributed by atoms with Gasteiger partial charge in [0.25, 0.3) is 0 Å². The van der Waals surface area contributed by atoms with E-state index in [9.17, 15) is 13.2 Å². The number of aromatic carboxylic acids is 1. The Hall–Kier alpha value is -2.34. The highest BCUT2D eigenvalue weighted by molar-refractivity contribution is 7.92. The van der Waals surface area contributed by atoms with E-state index in [-0.39, 0.29) is 17.0 Å². The zero-order valence-electron chi connectivity index (χ0n) is 11.4. The van der Waals surface area contributed by atoms with Crippen LogP contribution in [-0.4, -0.2) is 26.5 Å². The van der Waals surface area contributed by atoms with E-state index in [0.717, 1.165) is 4.31 Å². The van der Waals surface area contributed by atoms with E-state index in [1.807, 2.05) is 0 Å². The zero-order chi connectivity index (χ0) is 15.5. The molecule has 0 amide bonds.